The van der Waals surface area contributed by atoms with Gasteiger partial charge in [0, 0.05) is 29.4 Å². The van der Waals surface area contributed by atoms with E-state index < -0.39 is 0 Å². The molecule has 3 rings (SSSR count). The maximum atomic E-state index is 12.4. The lowest BCUT2D eigenvalue weighted by Crippen LogP contribution is -2.15. The molecule has 0 spiro atoms. The number of para-hydroxylation sites is 1. The molecule has 0 saturated carbocycles. The Hall–Kier alpha value is -2.83. The molecule has 0 bridgehead atoms. The standard InChI is InChI=1S/C19H18N6OS2/c1-2-25-18(14-7-10-21-11-8-14)23-24-19(25)28-13-17(26)22-15-5-3-4-6-16(15)27-12-9-20/h3-8,10-11H,2,12-13H2,1H3,(H,22,26). The fraction of sp³-hybridized carbons (Fsp3) is 0.211. The quantitative estimate of drug-likeness (QED) is 0.566. The van der Waals surface area contributed by atoms with Gasteiger partial charge in [-0.15, -0.1) is 22.0 Å². The molecule has 28 heavy (non-hydrogen) atoms. The first-order valence-corrected chi connectivity index (χ1v) is 10.5. The van der Waals surface area contributed by atoms with Crippen molar-refractivity contribution in [2.75, 3.05) is 16.8 Å². The van der Waals surface area contributed by atoms with E-state index in [9.17, 15) is 4.79 Å². The summed E-state index contributed by atoms with van der Waals surface area (Å²) in [7, 11) is 0. The molecular formula is C19H18N6OS2. The van der Waals surface area contributed by atoms with Crippen molar-refractivity contribution in [3.63, 3.8) is 0 Å². The fourth-order valence-electron chi connectivity index (χ4n) is 2.52. The molecule has 1 N–H and O–H groups in total. The maximum Gasteiger partial charge on any atom is 0.234 e. The molecule has 0 fully saturated rings. The van der Waals surface area contributed by atoms with E-state index in [0.29, 0.717) is 23.1 Å². The van der Waals surface area contributed by atoms with E-state index in [1.54, 1.807) is 12.4 Å². The molecule has 2 aromatic heterocycles. The van der Waals surface area contributed by atoms with Crippen molar-refractivity contribution >= 4 is 35.1 Å². The molecule has 0 aliphatic heterocycles. The summed E-state index contributed by atoms with van der Waals surface area (Å²) in [6.07, 6.45) is 3.43. The number of hydrogen-bond acceptors (Lipinski definition) is 7. The highest BCUT2D eigenvalue weighted by Crippen LogP contribution is 2.27. The number of amides is 1. The Labute approximate surface area is 171 Å². The number of aromatic nitrogens is 4. The Bertz CT molecular complexity index is 984. The first-order valence-electron chi connectivity index (χ1n) is 8.58. The average Bonchev–Trinajstić information content (AvgIpc) is 3.15. The van der Waals surface area contributed by atoms with Gasteiger partial charge in [0.15, 0.2) is 11.0 Å². The number of nitriles is 1. The van der Waals surface area contributed by atoms with E-state index in [0.717, 1.165) is 16.3 Å². The second-order valence-corrected chi connectivity index (χ2v) is 7.53. The predicted octanol–water partition coefficient (Wildman–Crippen LogP) is 3.71. The molecule has 0 atom stereocenters. The number of benzene rings is 1. The average molecular weight is 411 g/mol. The lowest BCUT2D eigenvalue weighted by molar-refractivity contribution is -0.113. The van der Waals surface area contributed by atoms with Crippen LogP contribution < -0.4 is 5.32 Å². The van der Waals surface area contributed by atoms with Gasteiger partial charge in [-0.2, -0.15) is 5.26 Å². The van der Waals surface area contributed by atoms with E-state index in [1.807, 2.05) is 47.9 Å². The van der Waals surface area contributed by atoms with Gasteiger partial charge >= 0.3 is 0 Å². The second-order valence-electron chi connectivity index (χ2n) is 5.57. The Morgan fingerprint density at radius 3 is 2.71 bits per heavy atom. The lowest BCUT2D eigenvalue weighted by Gasteiger charge is -2.10. The lowest BCUT2D eigenvalue weighted by atomic mass is 10.2. The summed E-state index contributed by atoms with van der Waals surface area (Å²) in [6, 6.07) is 13.3. The van der Waals surface area contributed by atoms with Crippen LogP contribution in [0.25, 0.3) is 11.4 Å². The number of carbonyl (C=O) groups is 1. The number of anilines is 1. The smallest absolute Gasteiger partial charge is 0.234 e. The van der Waals surface area contributed by atoms with Crippen LogP contribution in [-0.4, -0.2) is 37.2 Å². The number of hydrogen-bond donors (Lipinski definition) is 1. The monoisotopic (exact) mass is 410 g/mol. The molecule has 0 saturated heterocycles. The molecule has 0 aliphatic carbocycles. The Morgan fingerprint density at radius 1 is 1.18 bits per heavy atom. The predicted molar refractivity (Wildman–Crippen MR) is 111 cm³/mol. The summed E-state index contributed by atoms with van der Waals surface area (Å²) in [4.78, 5) is 17.3. The highest BCUT2D eigenvalue weighted by Gasteiger charge is 2.15. The molecule has 142 valence electrons. The summed E-state index contributed by atoms with van der Waals surface area (Å²) < 4.78 is 1.98. The summed E-state index contributed by atoms with van der Waals surface area (Å²) in [5.41, 5.74) is 1.65. The molecule has 0 aliphatic rings. The first kappa shape index (κ1) is 19.9. The van der Waals surface area contributed by atoms with E-state index >= 15 is 0 Å². The SMILES string of the molecule is CCn1c(SCC(=O)Nc2ccccc2SCC#N)nnc1-c1ccncc1. The highest BCUT2D eigenvalue weighted by atomic mass is 32.2. The molecular weight excluding hydrogens is 392 g/mol. The van der Waals surface area contributed by atoms with E-state index in [-0.39, 0.29) is 11.7 Å². The first-order chi connectivity index (χ1) is 13.7. The zero-order valence-corrected chi connectivity index (χ0v) is 16.8. The molecule has 1 aromatic carbocycles. The maximum absolute atomic E-state index is 12.4. The Morgan fingerprint density at radius 2 is 1.96 bits per heavy atom. The molecule has 2 heterocycles. The minimum Gasteiger partial charge on any atom is -0.324 e. The molecule has 7 nitrogen and oxygen atoms in total. The molecule has 9 heteroatoms. The second kappa shape index (κ2) is 9.92. The van der Waals surface area contributed by atoms with Crippen LogP contribution in [0.4, 0.5) is 5.69 Å². The molecule has 1 amide bonds. The van der Waals surface area contributed by atoms with Gasteiger partial charge in [-0.1, -0.05) is 23.9 Å². The van der Waals surface area contributed by atoms with Gasteiger partial charge in [0.2, 0.25) is 5.91 Å². The zero-order valence-electron chi connectivity index (χ0n) is 15.2. The van der Waals surface area contributed by atoms with Crippen LogP contribution in [0.5, 0.6) is 0 Å². The third-order valence-electron chi connectivity index (χ3n) is 3.76. The van der Waals surface area contributed by atoms with Crippen molar-refractivity contribution in [2.24, 2.45) is 0 Å². The van der Waals surface area contributed by atoms with Crippen LogP contribution in [0.15, 0.2) is 58.8 Å². The Balaban J connectivity index is 1.66. The third-order valence-corrected chi connectivity index (χ3v) is 5.66. The van der Waals surface area contributed by atoms with Crippen molar-refractivity contribution in [1.82, 2.24) is 19.7 Å². The summed E-state index contributed by atoms with van der Waals surface area (Å²) >= 11 is 2.74. The van der Waals surface area contributed by atoms with Crippen LogP contribution in [0.1, 0.15) is 6.92 Å². The van der Waals surface area contributed by atoms with E-state index in [4.69, 9.17) is 5.26 Å². The third kappa shape index (κ3) is 4.91. The number of rotatable bonds is 8. The van der Waals surface area contributed by atoms with Crippen molar-refractivity contribution in [3.05, 3.63) is 48.8 Å². The molecule has 0 unspecified atom stereocenters. The van der Waals surface area contributed by atoms with Crippen molar-refractivity contribution in [1.29, 1.82) is 5.26 Å². The van der Waals surface area contributed by atoms with Gasteiger partial charge in [-0.05, 0) is 31.2 Å². The zero-order chi connectivity index (χ0) is 19.8. The van der Waals surface area contributed by atoms with Gasteiger partial charge < -0.3 is 9.88 Å². The van der Waals surface area contributed by atoms with Crippen LogP contribution in [0.2, 0.25) is 0 Å². The van der Waals surface area contributed by atoms with Crippen LogP contribution in [0.3, 0.4) is 0 Å². The van der Waals surface area contributed by atoms with Crippen molar-refractivity contribution < 1.29 is 4.79 Å². The summed E-state index contributed by atoms with van der Waals surface area (Å²) in [5, 5.41) is 20.9. The Kier molecular flexibility index (Phi) is 7.06. The minimum atomic E-state index is -0.133. The number of nitrogens with one attached hydrogen (secondary N) is 1. The van der Waals surface area contributed by atoms with Gasteiger partial charge in [-0.25, -0.2) is 0 Å². The van der Waals surface area contributed by atoms with Crippen LogP contribution >= 0.6 is 23.5 Å². The number of carbonyl (C=O) groups excluding carboxylic acids is 1. The van der Waals surface area contributed by atoms with Gasteiger partial charge in [0.25, 0.3) is 0 Å². The summed E-state index contributed by atoms with van der Waals surface area (Å²) in [5.74, 6) is 1.17. The largest absolute Gasteiger partial charge is 0.324 e. The van der Waals surface area contributed by atoms with Crippen LogP contribution in [0, 0.1) is 11.3 Å². The fourth-order valence-corrected chi connectivity index (χ4v) is 3.99. The number of pyridine rings is 1. The normalized spacial score (nSPS) is 10.4. The van der Waals surface area contributed by atoms with Gasteiger partial charge in [0.1, 0.15) is 0 Å². The van der Waals surface area contributed by atoms with Gasteiger partial charge in [0.05, 0.1) is 23.3 Å². The number of thioether (sulfide) groups is 2. The topological polar surface area (TPSA) is 96.5 Å². The van der Waals surface area contributed by atoms with Gasteiger partial charge in [-0.3, -0.25) is 9.78 Å². The van der Waals surface area contributed by atoms with Crippen molar-refractivity contribution in [2.45, 2.75) is 23.5 Å². The molecule has 0 radical (unpaired) electrons. The minimum absolute atomic E-state index is 0.133. The van der Waals surface area contributed by atoms with E-state index in [1.165, 1.54) is 23.5 Å². The highest BCUT2D eigenvalue weighted by molar-refractivity contribution is 8.00. The van der Waals surface area contributed by atoms with Crippen LogP contribution in [-0.2, 0) is 11.3 Å². The number of nitrogens with zero attached hydrogens (tertiary/aromatic N) is 5. The van der Waals surface area contributed by atoms with E-state index in [2.05, 4.69) is 26.6 Å². The van der Waals surface area contributed by atoms with Crippen molar-refractivity contribution in [3.8, 4) is 17.5 Å². The molecule has 3 aromatic rings. The summed E-state index contributed by atoms with van der Waals surface area (Å²) in [6.45, 7) is 2.71.